The summed E-state index contributed by atoms with van der Waals surface area (Å²) in [6.45, 7) is 2.96. The average Bonchev–Trinajstić information content (AvgIpc) is 1.38. The van der Waals surface area contributed by atoms with Crippen LogP contribution in [0.4, 0.5) is 0 Å². The first-order valence-corrected chi connectivity index (χ1v) is 1.12. The predicted molar refractivity (Wildman–Crippen MR) is 19.8 cm³/mol. The van der Waals surface area contributed by atoms with Gasteiger partial charge in [-0.25, -0.2) is 4.79 Å². The van der Waals surface area contributed by atoms with Crippen LogP contribution in [0.5, 0.6) is 0 Å². The van der Waals surface area contributed by atoms with E-state index < -0.39 is 5.97 Å². The molecule has 36 valence electrons. The summed E-state index contributed by atoms with van der Waals surface area (Å²) in [7, 11) is 0. The van der Waals surface area contributed by atoms with Crippen LogP contribution in [0.1, 0.15) is 0 Å². The zero-order valence-corrected chi connectivity index (χ0v) is 6.09. The molecular weight excluding hydrogens is 107 g/mol. The molecule has 0 aromatic rings. The molecule has 3 nitrogen and oxygen atoms in total. The maximum atomic E-state index is 9.25. The summed E-state index contributed by atoms with van der Waals surface area (Å²) in [5.41, 5.74) is 0. The van der Waals surface area contributed by atoms with Crippen molar-refractivity contribution in [2.24, 2.45) is 0 Å². The zero-order chi connectivity index (χ0) is 4.28. The van der Waals surface area contributed by atoms with Crippen molar-refractivity contribution >= 4 is 5.97 Å². The van der Waals surface area contributed by atoms with Gasteiger partial charge in [0.05, 0.1) is 0 Å². The van der Waals surface area contributed by atoms with E-state index in [0.717, 1.165) is 6.08 Å². The molecule has 7 heavy (non-hydrogen) atoms. The summed E-state index contributed by atoms with van der Waals surface area (Å²) in [6, 6.07) is 0. The number of hydrogen-bond acceptors (Lipinski definition) is 2. The first-order valence-electron chi connectivity index (χ1n) is 1.12. The Morgan fingerprint density at radius 1 is 1.71 bits per heavy atom. The Balaban J connectivity index is -0.0000000800. The number of aliphatic carboxylic acids is 1. The molecule has 0 aromatic heterocycles. The standard InChI is InChI=1S/C3H4O2.Na.H2O/c1-2-3(4)5;;/h2H,1H2,(H,4,5);;1H2/q;+1;/p-1. The summed E-state index contributed by atoms with van der Waals surface area (Å²) in [5.74, 6) is -0.981. The molecule has 0 fully saturated rings. The van der Waals surface area contributed by atoms with Crippen LogP contribution >= 0.6 is 0 Å². The topological polar surface area (TPSA) is 67.3 Å². The van der Waals surface area contributed by atoms with Crippen molar-refractivity contribution in [3.63, 3.8) is 0 Å². The minimum absolute atomic E-state index is 0. The van der Waals surface area contributed by atoms with Crippen molar-refractivity contribution < 1.29 is 44.9 Å². The molecule has 0 aromatic carbocycles. The summed E-state index contributed by atoms with van der Waals surface area (Å²) >= 11 is 0. The molecule has 0 rings (SSSR count). The van der Waals surface area contributed by atoms with Gasteiger partial charge in [0.15, 0.2) is 0 Å². The summed E-state index contributed by atoms with van der Waals surface area (Å²) in [5, 5.41) is 7.60. The number of carbonyl (C=O) groups is 1. The third-order valence-corrected chi connectivity index (χ3v) is 0.175. The normalized spacial score (nSPS) is 4.57. The van der Waals surface area contributed by atoms with Gasteiger partial charge in [0, 0.05) is 6.08 Å². The van der Waals surface area contributed by atoms with Gasteiger partial charge in [-0.1, -0.05) is 6.58 Å². The number of rotatable bonds is 1. The maximum Gasteiger partial charge on any atom is 1.00 e. The van der Waals surface area contributed by atoms with Gasteiger partial charge < -0.3 is 10.6 Å². The molecule has 0 bridgehead atoms. The Morgan fingerprint density at radius 2 is 1.86 bits per heavy atom. The Bertz CT molecular complexity index is 61.2. The Kier molecular flexibility index (Phi) is 21.3. The Morgan fingerprint density at radius 3 is 1.86 bits per heavy atom. The molecule has 4 heteroatoms. The summed E-state index contributed by atoms with van der Waals surface area (Å²) in [6.07, 6.45) is 0.833. The molecule has 0 aliphatic rings. The molecule has 0 unspecified atom stereocenters. The Hall–Kier alpha value is 0.170. The third-order valence-electron chi connectivity index (χ3n) is 0.175. The fourth-order valence-corrected chi connectivity index (χ4v) is 0. The summed E-state index contributed by atoms with van der Waals surface area (Å²) in [4.78, 5) is 9.25. The van der Waals surface area contributed by atoms with E-state index in [1.165, 1.54) is 0 Å². The molecule has 0 aliphatic carbocycles. The van der Waals surface area contributed by atoms with Crippen molar-refractivity contribution in [1.29, 1.82) is 0 Å². The first kappa shape index (κ1) is 15.7. The van der Waals surface area contributed by atoms with E-state index in [0.29, 0.717) is 0 Å². The Labute approximate surface area is 63.6 Å². The van der Waals surface area contributed by atoms with Gasteiger partial charge in [-0.3, -0.25) is 0 Å². The molecule has 0 amide bonds. The van der Waals surface area contributed by atoms with Gasteiger partial charge in [-0.15, -0.1) is 0 Å². The molecular formula is C3H5NaO3. The van der Waals surface area contributed by atoms with Gasteiger partial charge in [0.1, 0.15) is 0 Å². The molecule has 0 heterocycles. The van der Waals surface area contributed by atoms with Gasteiger partial charge in [-0.05, 0) is 0 Å². The number of hydrogen-bond donors (Lipinski definition) is 1. The van der Waals surface area contributed by atoms with Crippen LogP contribution in [-0.2, 0) is 4.79 Å². The molecule has 2 N–H and O–H groups in total. The van der Waals surface area contributed by atoms with Crippen LogP contribution in [0.15, 0.2) is 12.7 Å². The van der Waals surface area contributed by atoms with Gasteiger partial charge in [-0.2, -0.15) is 0 Å². The second-order valence-corrected chi connectivity index (χ2v) is 0.542. The average molecular weight is 112 g/mol. The van der Waals surface area contributed by atoms with Crippen molar-refractivity contribution in [1.82, 2.24) is 0 Å². The third kappa shape index (κ3) is 22.8. The van der Waals surface area contributed by atoms with Gasteiger partial charge in [0.25, 0.3) is 0 Å². The van der Waals surface area contributed by atoms with Crippen LogP contribution in [0.2, 0.25) is 0 Å². The minimum atomic E-state index is -0.981. The molecule has 0 radical (unpaired) electrons. The summed E-state index contributed by atoms with van der Waals surface area (Å²) < 4.78 is 0. The fraction of sp³-hybridized carbons (Fsp3) is 0. The van der Waals surface area contributed by atoms with Crippen LogP contribution in [0.3, 0.4) is 0 Å². The second-order valence-electron chi connectivity index (χ2n) is 0.542. The van der Waals surface area contributed by atoms with Gasteiger partial charge >= 0.3 is 35.5 Å². The quantitative estimate of drug-likeness (QED) is 0.292. The minimum Gasteiger partial charge on any atom is -0.870 e. The van der Waals surface area contributed by atoms with Crippen LogP contribution in [-0.4, -0.2) is 16.6 Å². The van der Waals surface area contributed by atoms with Crippen molar-refractivity contribution in [2.75, 3.05) is 0 Å². The van der Waals surface area contributed by atoms with E-state index in [4.69, 9.17) is 5.11 Å². The molecule has 0 saturated carbocycles. The van der Waals surface area contributed by atoms with E-state index in [9.17, 15) is 4.79 Å². The van der Waals surface area contributed by atoms with Gasteiger partial charge in [0.2, 0.25) is 0 Å². The van der Waals surface area contributed by atoms with E-state index >= 15 is 0 Å². The van der Waals surface area contributed by atoms with E-state index in [2.05, 4.69) is 6.58 Å². The van der Waals surface area contributed by atoms with Crippen LogP contribution < -0.4 is 29.6 Å². The number of carboxylic acids is 1. The van der Waals surface area contributed by atoms with Crippen molar-refractivity contribution in [2.45, 2.75) is 0 Å². The molecule has 0 atom stereocenters. The first-order chi connectivity index (χ1) is 2.27. The van der Waals surface area contributed by atoms with E-state index in [-0.39, 0.29) is 35.0 Å². The fourth-order valence-electron chi connectivity index (χ4n) is 0. The van der Waals surface area contributed by atoms with Crippen LogP contribution in [0, 0.1) is 0 Å². The molecule has 0 aliphatic heterocycles. The zero-order valence-electron chi connectivity index (χ0n) is 4.09. The second kappa shape index (κ2) is 9.48. The largest absolute Gasteiger partial charge is 1.00 e. The van der Waals surface area contributed by atoms with Crippen molar-refractivity contribution in [3.05, 3.63) is 12.7 Å². The molecule has 0 saturated heterocycles. The number of carboxylic acid groups (broad SMARTS) is 1. The van der Waals surface area contributed by atoms with Crippen molar-refractivity contribution in [3.8, 4) is 0 Å². The predicted octanol–water partition coefficient (Wildman–Crippen LogP) is -2.92. The maximum absolute atomic E-state index is 9.25. The smallest absolute Gasteiger partial charge is 0.870 e. The SMILES string of the molecule is C=CC(=O)O.[Na+].[OH-]. The van der Waals surface area contributed by atoms with E-state index in [1.54, 1.807) is 0 Å². The van der Waals surface area contributed by atoms with E-state index in [1.807, 2.05) is 0 Å². The monoisotopic (exact) mass is 112 g/mol. The molecule has 0 spiro atoms. The van der Waals surface area contributed by atoms with Crippen LogP contribution in [0.25, 0.3) is 0 Å².